The second-order valence-electron chi connectivity index (χ2n) is 8.23. The third-order valence-electron chi connectivity index (χ3n) is 6.00. The molecule has 2 saturated heterocycles. The van der Waals surface area contributed by atoms with Gasteiger partial charge in [-0.3, -0.25) is 9.59 Å². The maximum absolute atomic E-state index is 12.7. The molecule has 1 N–H and O–H groups in total. The van der Waals surface area contributed by atoms with Gasteiger partial charge in [0, 0.05) is 37.8 Å². The molecule has 0 radical (unpaired) electrons. The molecule has 0 spiro atoms. The Hall–Kier alpha value is -1.88. The maximum Gasteiger partial charge on any atom is 0.227 e. The summed E-state index contributed by atoms with van der Waals surface area (Å²) in [4.78, 5) is 29.5. The predicted octanol–water partition coefficient (Wildman–Crippen LogP) is 2.84. The average molecular weight is 372 g/mol. The van der Waals surface area contributed by atoms with Gasteiger partial charge in [-0.05, 0) is 57.2 Å². The van der Waals surface area contributed by atoms with Crippen LogP contribution in [-0.4, -0.2) is 48.9 Å². The molecule has 2 unspecified atom stereocenters. The van der Waals surface area contributed by atoms with Crippen LogP contribution in [0.5, 0.6) is 0 Å². The van der Waals surface area contributed by atoms with Crippen LogP contribution in [-0.2, 0) is 16.0 Å². The van der Waals surface area contributed by atoms with Gasteiger partial charge in [-0.1, -0.05) is 25.1 Å². The van der Waals surface area contributed by atoms with Crippen LogP contribution in [0.1, 0.15) is 45.6 Å². The molecule has 1 aromatic carbocycles. The minimum atomic E-state index is -0.243. The van der Waals surface area contributed by atoms with E-state index in [4.69, 9.17) is 0 Å². The molecule has 0 aliphatic carbocycles. The molecule has 148 valence electrons. The van der Waals surface area contributed by atoms with Crippen molar-refractivity contribution in [2.45, 2.75) is 52.5 Å². The summed E-state index contributed by atoms with van der Waals surface area (Å²) in [6.45, 7) is 9.97. The van der Waals surface area contributed by atoms with Crippen LogP contribution in [0.15, 0.2) is 24.3 Å². The third-order valence-corrected chi connectivity index (χ3v) is 6.00. The standard InChI is InChI=1S/C22H33N3O2/c1-4-18-9-5-6-10-20(18)25-15-19(12-21(25)26)22(27)23-13-17-8-7-11-24(14-17)16(2)3/h5-6,9-10,16-17,19H,4,7-8,11-15H2,1-3H3,(H,23,27). The number of hydrogen-bond donors (Lipinski definition) is 1. The van der Waals surface area contributed by atoms with E-state index in [2.05, 4.69) is 37.1 Å². The van der Waals surface area contributed by atoms with Crippen LogP contribution >= 0.6 is 0 Å². The molecule has 1 aromatic rings. The van der Waals surface area contributed by atoms with Gasteiger partial charge in [0.15, 0.2) is 0 Å². The fraction of sp³-hybridized carbons (Fsp3) is 0.636. The number of hydrogen-bond acceptors (Lipinski definition) is 3. The highest BCUT2D eigenvalue weighted by molar-refractivity contribution is 6.00. The van der Waals surface area contributed by atoms with Gasteiger partial charge in [0.25, 0.3) is 0 Å². The van der Waals surface area contributed by atoms with Gasteiger partial charge in [0.05, 0.1) is 5.92 Å². The average Bonchev–Trinajstić information content (AvgIpc) is 3.07. The summed E-state index contributed by atoms with van der Waals surface area (Å²) < 4.78 is 0. The second-order valence-corrected chi connectivity index (χ2v) is 8.23. The number of carbonyl (C=O) groups is 2. The number of aryl methyl sites for hydroxylation is 1. The minimum Gasteiger partial charge on any atom is -0.355 e. The van der Waals surface area contributed by atoms with Gasteiger partial charge in [0.2, 0.25) is 11.8 Å². The molecule has 2 atom stereocenters. The molecule has 2 fully saturated rings. The van der Waals surface area contributed by atoms with E-state index in [0.717, 1.165) is 37.3 Å². The normalized spacial score (nSPS) is 23.9. The van der Waals surface area contributed by atoms with Gasteiger partial charge < -0.3 is 15.1 Å². The van der Waals surface area contributed by atoms with Gasteiger partial charge in [-0.15, -0.1) is 0 Å². The third kappa shape index (κ3) is 4.70. The van der Waals surface area contributed by atoms with E-state index >= 15 is 0 Å². The molecule has 0 bridgehead atoms. The number of carbonyl (C=O) groups excluding carboxylic acids is 2. The second kappa shape index (κ2) is 8.87. The van der Waals surface area contributed by atoms with Crippen molar-refractivity contribution in [2.24, 2.45) is 11.8 Å². The quantitative estimate of drug-likeness (QED) is 0.837. The van der Waals surface area contributed by atoms with E-state index in [1.807, 2.05) is 18.2 Å². The SMILES string of the molecule is CCc1ccccc1N1CC(C(=O)NCC2CCCN(C(C)C)C2)CC1=O. The molecule has 5 heteroatoms. The predicted molar refractivity (Wildman–Crippen MR) is 109 cm³/mol. The van der Waals surface area contributed by atoms with Crippen LogP contribution in [0, 0.1) is 11.8 Å². The van der Waals surface area contributed by atoms with Gasteiger partial charge in [0.1, 0.15) is 0 Å². The Morgan fingerprint density at radius 1 is 1.26 bits per heavy atom. The van der Waals surface area contributed by atoms with E-state index in [0.29, 0.717) is 24.9 Å². The van der Waals surface area contributed by atoms with E-state index in [1.165, 1.54) is 12.8 Å². The molecule has 0 saturated carbocycles. The van der Waals surface area contributed by atoms with Crippen LogP contribution in [0.4, 0.5) is 5.69 Å². The van der Waals surface area contributed by atoms with Crippen LogP contribution in [0.3, 0.4) is 0 Å². The smallest absolute Gasteiger partial charge is 0.227 e. The number of nitrogens with one attached hydrogen (secondary N) is 1. The number of para-hydroxylation sites is 1. The largest absolute Gasteiger partial charge is 0.355 e. The number of amides is 2. The summed E-state index contributed by atoms with van der Waals surface area (Å²) in [7, 11) is 0. The molecular formula is C22H33N3O2. The lowest BCUT2D eigenvalue weighted by Crippen LogP contribution is -2.44. The molecule has 3 rings (SSSR count). The first-order valence-electron chi connectivity index (χ1n) is 10.4. The van der Waals surface area contributed by atoms with Crippen molar-refractivity contribution in [1.82, 2.24) is 10.2 Å². The van der Waals surface area contributed by atoms with Crippen LogP contribution in [0.2, 0.25) is 0 Å². The Labute approximate surface area is 163 Å². The highest BCUT2D eigenvalue weighted by atomic mass is 16.2. The number of nitrogens with zero attached hydrogens (tertiary/aromatic N) is 2. The highest BCUT2D eigenvalue weighted by Gasteiger charge is 2.36. The Morgan fingerprint density at radius 2 is 2.04 bits per heavy atom. The van der Waals surface area contributed by atoms with Gasteiger partial charge in [-0.25, -0.2) is 0 Å². The van der Waals surface area contributed by atoms with Crippen LogP contribution in [0.25, 0.3) is 0 Å². The molecular weight excluding hydrogens is 338 g/mol. The Balaban J connectivity index is 1.55. The van der Waals surface area contributed by atoms with E-state index < -0.39 is 0 Å². The van der Waals surface area contributed by atoms with E-state index in [9.17, 15) is 9.59 Å². The van der Waals surface area contributed by atoms with Crippen molar-refractivity contribution in [3.05, 3.63) is 29.8 Å². The topological polar surface area (TPSA) is 52.7 Å². The van der Waals surface area contributed by atoms with Crippen molar-refractivity contribution < 1.29 is 9.59 Å². The van der Waals surface area contributed by atoms with Crippen molar-refractivity contribution >= 4 is 17.5 Å². The lowest BCUT2D eigenvalue weighted by Gasteiger charge is -2.35. The summed E-state index contributed by atoms with van der Waals surface area (Å²) >= 11 is 0. The first-order valence-corrected chi connectivity index (χ1v) is 10.4. The lowest BCUT2D eigenvalue weighted by molar-refractivity contribution is -0.126. The Morgan fingerprint density at radius 3 is 2.78 bits per heavy atom. The van der Waals surface area contributed by atoms with Crippen molar-refractivity contribution in [3.63, 3.8) is 0 Å². The maximum atomic E-state index is 12.7. The summed E-state index contributed by atoms with van der Waals surface area (Å²) in [6, 6.07) is 8.55. The van der Waals surface area contributed by atoms with E-state index in [-0.39, 0.29) is 17.7 Å². The number of piperidine rings is 1. The van der Waals surface area contributed by atoms with Crippen LogP contribution < -0.4 is 10.2 Å². The van der Waals surface area contributed by atoms with Crippen molar-refractivity contribution in [2.75, 3.05) is 31.1 Å². The fourth-order valence-corrected chi connectivity index (χ4v) is 4.31. The van der Waals surface area contributed by atoms with E-state index in [1.54, 1.807) is 4.90 Å². The summed E-state index contributed by atoms with van der Waals surface area (Å²) in [5.74, 6) is 0.354. The van der Waals surface area contributed by atoms with Crippen molar-refractivity contribution in [1.29, 1.82) is 0 Å². The molecule has 2 heterocycles. The van der Waals surface area contributed by atoms with Gasteiger partial charge >= 0.3 is 0 Å². The summed E-state index contributed by atoms with van der Waals surface area (Å²) in [5.41, 5.74) is 2.11. The number of anilines is 1. The summed E-state index contributed by atoms with van der Waals surface area (Å²) in [6.07, 6.45) is 3.56. The Bertz CT molecular complexity index is 673. The zero-order valence-corrected chi connectivity index (χ0v) is 16.9. The number of rotatable bonds is 6. The molecule has 2 aliphatic rings. The number of benzene rings is 1. The van der Waals surface area contributed by atoms with Crippen molar-refractivity contribution in [3.8, 4) is 0 Å². The zero-order valence-electron chi connectivity index (χ0n) is 16.9. The first kappa shape index (κ1) is 19.9. The Kier molecular flexibility index (Phi) is 6.53. The molecule has 2 amide bonds. The molecule has 5 nitrogen and oxygen atoms in total. The summed E-state index contributed by atoms with van der Waals surface area (Å²) in [5, 5.41) is 3.13. The number of likely N-dealkylation sites (tertiary alicyclic amines) is 1. The molecule has 0 aromatic heterocycles. The zero-order chi connectivity index (χ0) is 19.4. The molecule has 27 heavy (non-hydrogen) atoms. The first-order chi connectivity index (χ1) is 13.0. The highest BCUT2D eigenvalue weighted by Crippen LogP contribution is 2.28. The lowest BCUT2D eigenvalue weighted by atomic mass is 9.96. The fourth-order valence-electron chi connectivity index (χ4n) is 4.31. The monoisotopic (exact) mass is 371 g/mol. The van der Waals surface area contributed by atoms with Gasteiger partial charge in [-0.2, -0.15) is 0 Å². The minimum absolute atomic E-state index is 0.0292. The molecule has 2 aliphatic heterocycles.